The first kappa shape index (κ1) is 24.2. The van der Waals surface area contributed by atoms with E-state index in [0.29, 0.717) is 6.54 Å². The van der Waals surface area contributed by atoms with Crippen LogP contribution in [-0.2, 0) is 6.54 Å². The summed E-state index contributed by atoms with van der Waals surface area (Å²) in [6.07, 6.45) is 2.25. The fraction of sp³-hybridized carbons (Fsp3) is 0.250. The van der Waals surface area contributed by atoms with E-state index in [4.69, 9.17) is 21.3 Å². The summed E-state index contributed by atoms with van der Waals surface area (Å²) in [5.41, 5.74) is 4.64. The van der Waals surface area contributed by atoms with Crippen molar-refractivity contribution in [2.75, 3.05) is 23.3 Å². The molecule has 0 unspecified atom stereocenters. The van der Waals surface area contributed by atoms with Crippen LogP contribution in [0.2, 0.25) is 5.02 Å². The third kappa shape index (κ3) is 5.75. The van der Waals surface area contributed by atoms with Crippen LogP contribution in [0.25, 0.3) is 10.9 Å². The van der Waals surface area contributed by atoms with E-state index in [-0.39, 0.29) is 18.5 Å². The van der Waals surface area contributed by atoms with Gasteiger partial charge in [-0.15, -0.1) is 12.4 Å². The fourth-order valence-electron chi connectivity index (χ4n) is 4.40. The van der Waals surface area contributed by atoms with Crippen LogP contribution in [0.4, 0.5) is 11.5 Å². The van der Waals surface area contributed by atoms with E-state index in [1.54, 1.807) is 0 Å². The molecule has 1 aliphatic rings. The Balaban J connectivity index is 0.00000274. The van der Waals surface area contributed by atoms with E-state index >= 15 is 0 Å². The maximum absolute atomic E-state index is 6.27. The molecule has 1 saturated heterocycles. The highest BCUT2D eigenvalue weighted by atomic mass is 35.5. The van der Waals surface area contributed by atoms with Gasteiger partial charge in [-0.25, -0.2) is 4.98 Å². The van der Waals surface area contributed by atoms with Crippen molar-refractivity contribution >= 4 is 46.4 Å². The molecular formula is C28H29Cl2N3O. The lowest BCUT2D eigenvalue weighted by atomic mass is 10.0. The molecule has 6 heteroatoms. The standard InChI is InChI=1S/C28H28ClN3O.ClH/c1-20-5-4-6-24(17-20)33-23-13-15-32(16-14-23)27-18-28(31-26-8-3-2-7-25(26)27)30-19-21-9-11-22(29)12-10-21;/h2-12,17-18,23H,13-16,19H2,1H3,(H,30,31);1H. The van der Waals surface area contributed by atoms with Gasteiger partial charge in [0.15, 0.2) is 0 Å². The van der Waals surface area contributed by atoms with Crippen molar-refractivity contribution in [3.8, 4) is 5.75 Å². The van der Waals surface area contributed by atoms with Gasteiger partial charge in [-0.05, 0) is 48.4 Å². The predicted molar refractivity (Wildman–Crippen MR) is 145 cm³/mol. The Morgan fingerprint density at radius 2 is 1.74 bits per heavy atom. The Morgan fingerprint density at radius 3 is 2.50 bits per heavy atom. The fourth-order valence-corrected chi connectivity index (χ4v) is 4.53. The molecule has 34 heavy (non-hydrogen) atoms. The highest BCUT2D eigenvalue weighted by Crippen LogP contribution is 2.32. The Kier molecular flexibility index (Phi) is 7.81. The van der Waals surface area contributed by atoms with Gasteiger partial charge < -0.3 is 15.0 Å². The number of para-hydroxylation sites is 1. The number of aryl methyl sites for hydroxylation is 1. The van der Waals surface area contributed by atoms with Gasteiger partial charge in [-0.2, -0.15) is 0 Å². The first-order valence-corrected chi connectivity index (χ1v) is 11.9. The lowest BCUT2D eigenvalue weighted by Crippen LogP contribution is -2.38. The SMILES string of the molecule is Cc1cccc(OC2CCN(c3cc(NCc4ccc(Cl)cc4)nc4ccccc34)CC2)c1.Cl. The smallest absolute Gasteiger partial charge is 0.129 e. The molecule has 1 fully saturated rings. The average molecular weight is 494 g/mol. The molecule has 2 heterocycles. The third-order valence-electron chi connectivity index (χ3n) is 6.16. The predicted octanol–water partition coefficient (Wildman–Crippen LogP) is 7.28. The Morgan fingerprint density at radius 1 is 0.971 bits per heavy atom. The highest BCUT2D eigenvalue weighted by Gasteiger charge is 2.22. The number of aromatic nitrogens is 1. The van der Waals surface area contributed by atoms with Gasteiger partial charge in [0.25, 0.3) is 0 Å². The number of hydrogen-bond donors (Lipinski definition) is 1. The van der Waals surface area contributed by atoms with E-state index in [9.17, 15) is 0 Å². The van der Waals surface area contributed by atoms with Gasteiger partial charge in [-0.3, -0.25) is 0 Å². The lowest BCUT2D eigenvalue weighted by Gasteiger charge is -2.34. The number of fused-ring (bicyclic) bond motifs is 1. The number of rotatable bonds is 6. The van der Waals surface area contributed by atoms with Crippen molar-refractivity contribution in [3.63, 3.8) is 0 Å². The normalized spacial score (nSPS) is 14.0. The second-order valence-corrected chi connectivity index (χ2v) is 9.08. The Labute approximate surface area is 212 Å². The van der Waals surface area contributed by atoms with Gasteiger partial charge in [0.2, 0.25) is 0 Å². The van der Waals surface area contributed by atoms with E-state index in [1.807, 2.05) is 36.4 Å². The Hall–Kier alpha value is -2.95. The molecule has 1 aliphatic heterocycles. The second kappa shape index (κ2) is 11.0. The van der Waals surface area contributed by atoms with E-state index < -0.39 is 0 Å². The van der Waals surface area contributed by atoms with Crippen molar-refractivity contribution in [2.45, 2.75) is 32.4 Å². The van der Waals surface area contributed by atoms with Crippen LogP contribution in [0.3, 0.4) is 0 Å². The summed E-state index contributed by atoms with van der Waals surface area (Å²) in [7, 11) is 0. The van der Waals surface area contributed by atoms with Crippen LogP contribution >= 0.6 is 24.0 Å². The number of piperidine rings is 1. The molecular weight excluding hydrogens is 465 g/mol. The third-order valence-corrected chi connectivity index (χ3v) is 6.41. The molecule has 176 valence electrons. The summed E-state index contributed by atoms with van der Waals surface area (Å²) in [5.74, 6) is 1.85. The molecule has 0 bridgehead atoms. The molecule has 1 aromatic heterocycles. The highest BCUT2D eigenvalue weighted by molar-refractivity contribution is 6.30. The van der Waals surface area contributed by atoms with Crippen LogP contribution in [0.15, 0.2) is 78.9 Å². The zero-order valence-electron chi connectivity index (χ0n) is 19.2. The monoisotopic (exact) mass is 493 g/mol. The number of nitrogens with zero attached hydrogens (tertiary/aromatic N) is 2. The molecule has 0 spiro atoms. The average Bonchev–Trinajstić information content (AvgIpc) is 2.84. The van der Waals surface area contributed by atoms with Gasteiger partial charge >= 0.3 is 0 Å². The number of anilines is 2. The number of nitrogens with one attached hydrogen (secondary N) is 1. The van der Waals surface area contributed by atoms with Crippen LogP contribution in [0.1, 0.15) is 24.0 Å². The van der Waals surface area contributed by atoms with Gasteiger partial charge in [-0.1, -0.05) is 54.1 Å². The number of hydrogen-bond acceptors (Lipinski definition) is 4. The number of benzene rings is 3. The quantitative estimate of drug-likeness (QED) is 0.306. The maximum Gasteiger partial charge on any atom is 0.129 e. The van der Waals surface area contributed by atoms with Crippen molar-refractivity contribution in [1.82, 2.24) is 4.98 Å². The molecule has 0 radical (unpaired) electrons. The minimum absolute atomic E-state index is 0. The summed E-state index contributed by atoms with van der Waals surface area (Å²) in [4.78, 5) is 7.32. The summed E-state index contributed by atoms with van der Waals surface area (Å²) >= 11 is 6.02. The van der Waals surface area contributed by atoms with Crippen LogP contribution in [0.5, 0.6) is 5.75 Å². The van der Waals surface area contributed by atoms with E-state index in [0.717, 1.165) is 48.0 Å². The molecule has 5 rings (SSSR count). The van der Waals surface area contributed by atoms with E-state index in [1.165, 1.54) is 22.2 Å². The molecule has 0 amide bonds. The van der Waals surface area contributed by atoms with Gasteiger partial charge in [0.05, 0.1) is 5.52 Å². The largest absolute Gasteiger partial charge is 0.490 e. The Bertz CT molecular complexity index is 1240. The van der Waals surface area contributed by atoms with Crippen molar-refractivity contribution in [2.24, 2.45) is 0 Å². The van der Waals surface area contributed by atoms with Gasteiger partial charge in [0, 0.05) is 54.6 Å². The van der Waals surface area contributed by atoms with E-state index in [2.05, 4.69) is 59.6 Å². The van der Waals surface area contributed by atoms with Crippen LogP contribution in [-0.4, -0.2) is 24.2 Å². The first-order chi connectivity index (χ1) is 16.1. The molecule has 0 saturated carbocycles. The molecule has 0 atom stereocenters. The molecule has 0 aliphatic carbocycles. The summed E-state index contributed by atoms with van der Waals surface area (Å²) in [5, 5.41) is 5.43. The minimum atomic E-state index is 0. The lowest BCUT2D eigenvalue weighted by molar-refractivity contribution is 0.171. The number of pyridine rings is 1. The van der Waals surface area contributed by atoms with Crippen molar-refractivity contribution in [3.05, 3.63) is 95.0 Å². The van der Waals surface area contributed by atoms with Crippen LogP contribution in [0, 0.1) is 6.92 Å². The maximum atomic E-state index is 6.27. The van der Waals surface area contributed by atoms with Gasteiger partial charge in [0.1, 0.15) is 17.7 Å². The molecule has 3 aromatic carbocycles. The summed E-state index contributed by atoms with van der Waals surface area (Å²) in [6, 6.07) is 26.8. The minimum Gasteiger partial charge on any atom is -0.490 e. The molecule has 4 aromatic rings. The second-order valence-electron chi connectivity index (χ2n) is 8.64. The van der Waals surface area contributed by atoms with Crippen molar-refractivity contribution in [1.29, 1.82) is 0 Å². The topological polar surface area (TPSA) is 37.4 Å². The molecule has 4 nitrogen and oxygen atoms in total. The van der Waals surface area contributed by atoms with Crippen molar-refractivity contribution < 1.29 is 4.74 Å². The molecule has 1 N–H and O–H groups in total. The number of ether oxygens (including phenoxy) is 1. The zero-order valence-corrected chi connectivity index (χ0v) is 20.8. The first-order valence-electron chi connectivity index (χ1n) is 11.5. The van der Waals surface area contributed by atoms with Crippen LogP contribution < -0.4 is 15.0 Å². The number of halogens is 2. The summed E-state index contributed by atoms with van der Waals surface area (Å²) in [6.45, 7) is 4.72. The summed E-state index contributed by atoms with van der Waals surface area (Å²) < 4.78 is 6.27. The zero-order chi connectivity index (χ0) is 22.6.